The molecule has 3 rings (SSSR count). The summed E-state index contributed by atoms with van der Waals surface area (Å²) in [7, 11) is 1.64. The molecule has 102 valence electrons. The van der Waals surface area contributed by atoms with Gasteiger partial charge in [0.25, 0.3) is 0 Å². The van der Waals surface area contributed by atoms with E-state index in [4.69, 9.17) is 4.74 Å². The molecule has 1 fully saturated rings. The third-order valence-corrected chi connectivity index (χ3v) is 3.69. The molecule has 1 aliphatic rings. The van der Waals surface area contributed by atoms with Gasteiger partial charge in [0.1, 0.15) is 5.75 Å². The van der Waals surface area contributed by atoms with Gasteiger partial charge in [-0.05, 0) is 23.3 Å². The molecule has 0 spiro atoms. The van der Waals surface area contributed by atoms with Crippen LogP contribution in [0.5, 0.6) is 5.75 Å². The number of benzene rings is 2. The Morgan fingerprint density at radius 1 is 1.00 bits per heavy atom. The first kappa shape index (κ1) is 12.7. The summed E-state index contributed by atoms with van der Waals surface area (Å²) < 4.78 is 5.19. The highest BCUT2D eigenvalue weighted by Gasteiger charge is 2.41. The average molecular weight is 268 g/mol. The second-order valence-corrected chi connectivity index (χ2v) is 4.85. The van der Waals surface area contributed by atoms with Crippen LogP contribution < -0.4 is 15.6 Å². The van der Waals surface area contributed by atoms with Gasteiger partial charge in [-0.15, -0.1) is 0 Å². The van der Waals surface area contributed by atoms with Crippen molar-refractivity contribution in [3.05, 3.63) is 65.7 Å². The summed E-state index contributed by atoms with van der Waals surface area (Å²) in [4.78, 5) is 11.7. The summed E-state index contributed by atoms with van der Waals surface area (Å²) in [6.45, 7) is 0. The Morgan fingerprint density at radius 2 is 1.65 bits per heavy atom. The summed E-state index contributed by atoms with van der Waals surface area (Å²) in [6.07, 6.45) is 0.378. The Kier molecular flexibility index (Phi) is 3.16. The Bertz CT molecular complexity index is 610. The molecule has 1 amide bonds. The van der Waals surface area contributed by atoms with E-state index >= 15 is 0 Å². The van der Waals surface area contributed by atoms with E-state index in [0.29, 0.717) is 6.42 Å². The van der Waals surface area contributed by atoms with Crippen molar-refractivity contribution in [3.63, 3.8) is 0 Å². The van der Waals surface area contributed by atoms with Gasteiger partial charge in [-0.3, -0.25) is 10.2 Å². The number of ether oxygens (including phenoxy) is 1. The van der Waals surface area contributed by atoms with Crippen molar-refractivity contribution in [1.82, 2.24) is 10.9 Å². The standard InChI is InChI=1S/C16H16N2O2/c1-20-14-9-7-13(8-10-14)16(11-15(19)17-18-16)12-5-3-2-4-6-12/h2-10,18H,11H2,1H3,(H,17,19). The maximum absolute atomic E-state index is 11.7. The second-order valence-electron chi connectivity index (χ2n) is 4.85. The van der Waals surface area contributed by atoms with Crippen LogP contribution in [0.1, 0.15) is 17.5 Å². The van der Waals surface area contributed by atoms with Gasteiger partial charge >= 0.3 is 0 Å². The minimum atomic E-state index is -0.523. The third-order valence-electron chi connectivity index (χ3n) is 3.69. The Hall–Kier alpha value is -2.33. The largest absolute Gasteiger partial charge is 0.497 e. The van der Waals surface area contributed by atoms with Gasteiger partial charge in [0, 0.05) is 0 Å². The van der Waals surface area contributed by atoms with Crippen molar-refractivity contribution in [2.24, 2.45) is 0 Å². The minimum Gasteiger partial charge on any atom is -0.497 e. The number of nitrogens with one attached hydrogen (secondary N) is 2. The quantitative estimate of drug-likeness (QED) is 0.894. The van der Waals surface area contributed by atoms with E-state index in [-0.39, 0.29) is 5.91 Å². The first-order chi connectivity index (χ1) is 9.74. The molecule has 1 unspecified atom stereocenters. The van der Waals surface area contributed by atoms with Crippen molar-refractivity contribution in [2.75, 3.05) is 7.11 Å². The molecule has 0 radical (unpaired) electrons. The highest BCUT2D eigenvalue weighted by Crippen LogP contribution is 2.35. The maximum Gasteiger partial charge on any atom is 0.236 e. The Labute approximate surface area is 117 Å². The molecule has 4 nitrogen and oxygen atoms in total. The molecule has 2 aromatic carbocycles. The molecule has 0 aromatic heterocycles. The van der Waals surface area contributed by atoms with Gasteiger partial charge in [0.2, 0.25) is 5.91 Å². The number of carbonyl (C=O) groups excluding carboxylic acids is 1. The first-order valence-electron chi connectivity index (χ1n) is 6.51. The van der Waals surface area contributed by atoms with Gasteiger partial charge in [0.15, 0.2) is 0 Å². The van der Waals surface area contributed by atoms with Crippen LogP contribution in [0.3, 0.4) is 0 Å². The molecule has 0 aliphatic carbocycles. The lowest BCUT2D eigenvalue weighted by Crippen LogP contribution is -2.42. The van der Waals surface area contributed by atoms with Crippen molar-refractivity contribution in [3.8, 4) is 5.75 Å². The number of hydrazine groups is 1. The van der Waals surface area contributed by atoms with Crippen LogP contribution in [0.4, 0.5) is 0 Å². The molecular formula is C16H16N2O2. The highest BCUT2D eigenvalue weighted by molar-refractivity contribution is 5.80. The second kappa shape index (κ2) is 4.98. The van der Waals surface area contributed by atoms with Crippen molar-refractivity contribution < 1.29 is 9.53 Å². The Balaban J connectivity index is 2.08. The fourth-order valence-electron chi connectivity index (χ4n) is 2.62. The summed E-state index contributed by atoms with van der Waals surface area (Å²) in [5.74, 6) is 0.791. The molecule has 1 saturated heterocycles. The fourth-order valence-corrected chi connectivity index (χ4v) is 2.62. The number of carbonyl (C=O) groups is 1. The molecule has 0 saturated carbocycles. The van der Waals surface area contributed by atoms with Gasteiger partial charge < -0.3 is 4.74 Å². The number of hydrogen-bond donors (Lipinski definition) is 2. The summed E-state index contributed by atoms with van der Waals surface area (Å²) in [5, 5.41) is 0. The summed E-state index contributed by atoms with van der Waals surface area (Å²) >= 11 is 0. The van der Waals surface area contributed by atoms with Crippen LogP contribution in [-0.4, -0.2) is 13.0 Å². The van der Waals surface area contributed by atoms with E-state index in [1.165, 1.54) is 0 Å². The van der Waals surface area contributed by atoms with Gasteiger partial charge in [-0.25, -0.2) is 5.43 Å². The summed E-state index contributed by atoms with van der Waals surface area (Å²) in [5.41, 5.74) is 7.43. The molecule has 1 atom stereocenters. The topological polar surface area (TPSA) is 50.4 Å². The van der Waals surface area contributed by atoms with Crippen LogP contribution in [0.25, 0.3) is 0 Å². The molecule has 20 heavy (non-hydrogen) atoms. The number of rotatable bonds is 3. The van der Waals surface area contributed by atoms with Crippen LogP contribution >= 0.6 is 0 Å². The lowest BCUT2D eigenvalue weighted by atomic mass is 9.81. The number of amides is 1. The maximum atomic E-state index is 11.7. The Morgan fingerprint density at radius 3 is 2.20 bits per heavy atom. The lowest BCUT2D eigenvalue weighted by Gasteiger charge is -2.29. The predicted molar refractivity (Wildman–Crippen MR) is 76.1 cm³/mol. The first-order valence-corrected chi connectivity index (χ1v) is 6.51. The molecule has 4 heteroatoms. The highest BCUT2D eigenvalue weighted by atomic mass is 16.5. The monoisotopic (exact) mass is 268 g/mol. The third kappa shape index (κ3) is 2.04. The number of hydrogen-bond acceptors (Lipinski definition) is 3. The van der Waals surface area contributed by atoms with Gasteiger partial charge in [-0.1, -0.05) is 42.5 Å². The zero-order chi connectivity index (χ0) is 14.0. The van der Waals surface area contributed by atoms with E-state index < -0.39 is 5.54 Å². The SMILES string of the molecule is COc1ccc(C2(c3ccccc3)CC(=O)NN2)cc1. The van der Waals surface area contributed by atoms with E-state index in [0.717, 1.165) is 16.9 Å². The molecule has 2 N–H and O–H groups in total. The van der Waals surface area contributed by atoms with Crippen LogP contribution in [0.2, 0.25) is 0 Å². The fraction of sp³-hybridized carbons (Fsp3) is 0.188. The van der Waals surface area contributed by atoms with E-state index in [9.17, 15) is 4.79 Å². The van der Waals surface area contributed by atoms with Gasteiger partial charge in [-0.2, -0.15) is 0 Å². The zero-order valence-electron chi connectivity index (χ0n) is 11.2. The average Bonchev–Trinajstić information content (AvgIpc) is 2.92. The molecule has 1 heterocycles. The molecule has 0 bridgehead atoms. The molecule has 2 aromatic rings. The van der Waals surface area contributed by atoms with Crippen LogP contribution in [0.15, 0.2) is 54.6 Å². The minimum absolute atomic E-state index is 0.00956. The number of methoxy groups -OCH3 is 1. The van der Waals surface area contributed by atoms with E-state index in [1.807, 2.05) is 54.6 Å². The summed E-state index contributed by atoms with van der Waals surface area (Å²) in [6, 6.07) is 17.8. The van der Waals surface area contributed by atoms with E-state index in [2.05, 4.69) is 10.9 Å². The lowest BCUT2D eigenvalue weighted by molar-refractivity contribution is -0.119. The van der Waals surface area contributed by atoms with Crippen molar-refractivity contribution in [2.45, 2.75) is 12.0 Å². The van der Waals surface area contributed by atoms with Crippen molar-refractivity contribution >= 4 is 5.91 Å². The smallest absolute Gasteiger partial charge is 0.236 e. The zero-order valence-corrected chi connectivity index (χ0v) is 11.2. The van der Waals surface area contributed by atoms with Crippen LogP contribution in [0, 0.1) is 0 Å². The van der Waals surface area contributed by atoms with Gasteiger partial charge in [0.05, 0.1) is 19.1 Å². The normalized spacial score (nSPS) is 21.6. The van der Waals surface area contributed by atoms with Crippen LogP contribution in [-0.2, 0) is 10.3 Å². The molecule has 1 aliphatic heterocycles. The molecular weight excluding hydrogens is 252 g/mol. The van der Waals surface area contributed by atoms with Crippen molar-refractivity contribution in [1.29, 1.82) is 0 Å². The van der Waals surface area contributed by atoms with E-state index in [1.54, 1.807) is 7.11 Å². The predicted octanol–water partition coefficient (Wildman–Crippen LogP) is 1.96.